The number of sulfonamides is 1. The minimum absolute atomic E-state index is 0. The van der Waals surface area contributed by atoms with Crippen LogP contribution in [0, 0.1) is 0 Å². The van der Waals surface area contributed by atoms with Crippen molar-refractivity contribution < 1.29 is 13.2 Å². The van der Waals surface area contributed by atoms with Crippen molar-refractivity contribution in [3.8, 4) is 0 Å². The summed E-state index contributed by atoms with van der Waals surface area (Å²) in [5, 5.41) is 0. The van der Waals surface area contributed by atoms with E-state index in [4.69, 9.17) is 4.74 Å². The van der Waals surface area contributed by atoms with Gasteiger partial charge in [0, 0.05) is 93.1 Å². The molecule has 60 heavy (non-hydrogen) atoms. The second-order valence-electron chi connectivity index (χ2n) is 21.5. The van der Waals surface area contributed by atoms with Crippen molar-refractivity contribution in [3.05, 3.63) is 0 Å². The van der Waals surface area contributed by atoms with E-state index >= 15 is 0 Å². The third kappa shape index (κ3) is 29.1. The van der Waals surface area contributed by atoms with Crippen molar-refractivity contribution in [2.24, 2.45) is 0 Å². The number of hydrogen-bond acceptors (Lipinski definition) is 9. The van der Waals surface area contributed by atoms with Crippen LogP contribution >= 0.6 is 0 Å². The summed E-state index contributed by atoms with van der Waals surface area (Å²) in [6.07, 6.45) is 9.75. The molecule has 0 atom stereocenters. The van der Waals surface area contributed by atoms with Crippen LogP contribution in [0.2, 0.25) is 0 Å². The van der Waals surface area contributed by atoms with Crippen LogP contribution in [0.3, 0.4) is 0 Å². The molecule has 0 aromatic carbocycles. The molecule has 0 saturated carbocycles. The van der Waals surface area contributed by atoms with Crippen molar-refractivity contribution in [2.45, 2.75) is 207 Å². The molecule has 370 valence electrons. The molecule has 0 aromatic heterocycles. The maximum absolute atomic E-state index is 11.3. The zero-order chi connectivity index (χ0) is 42.3. The number of likely N-dealkylation sites (N-methyl/N-ethyl adjacent to an activating group) is 1. The molecule has 5 aliphatic rings. The molecule has 10 nitrogen and oxygen atoms in total. The Hall–Kier alpha value is -0.370. The van der Waals surface area contributed by atoms with Crippen LogP contribution in [0.4, 0.5) is 0 Å². The molecule has 5 heterocycles. The highest BCUT2D eigenvalue weighted by atomic mass is 32.2. The van der Waals surface area contributed by atoms with Crippen LogP contribution in [0.25, 0.3) is 0 Å². The fourth-order valence-electron chi connectivity index (χ4n) is 7.53. The first-order chi connectivity index (χ1) is 25.0. The van der Waals surface area contributed by atoms with Gasteiger partial charge in [-0.25, -0.2) is 8.42 Å². The van der Waals surface area contributed by atoms with Gasteiger partial charge in [-0.2, -0.15) is 4.31 Å². The van der Waals surface area contributed by atoms with Crippen LogP contribution in [0.5, 0.6) is 0 Å². The Bertz CT molecular complexity index is 1030. The third-order valence-electron chi connectivity index (χ3n) is 11.7. The lowest BCUT2D eigenvalue weighted by Crippen LogP contribution is -2.54. The van der Waals surface area contributed by atoms with Gasteiger partial charge in [-0.05, 0) is 163 Å². The van der Waals surface area contributed by atoms with Crippen molar-refractivity contribution >= 4 is 10.0 Å². The summed E-state index contributed by atoms with van der Waals surface area (Å²) >= 11 is 0. The van der Waals surface area contributed by atoms with Gasteiger partial charge in [0.2, 0.25) is 10.0 Å². The minimum atomic E-state index is -2.99. The minimum Gasteiger partial charge on any atom is -0.379 e. The van der Waals surface area contributed by atoms with Crippen LogP contribution in [0.1, 0.15) is 180 Å². The van der Waals surface area contributed by atoms with E-state index in [0.29, 0.717) is 35.2 Å². The first-order valence-corrected chi connectivity index (χ1v) is 23.8. The van der Waals surface area contributed by atoms with E-state index in [9.17, 15) is 8.42 Å². The predicted molar refractivity (Wildman–Crippen MR) is 273 cm³/mol. The summed E-state index contributed by atoms with van der Waals surface area (Å²) in [6, 6.07) is 0. The van der Waals surface area contributed by atoms with Gasteiger partial charge >= 0.3 is 0 Å². The smallest absolute Gasteiger partial charge is 0.211 e. The molecule has 5 rings (SSSR count). The predicted octanol–water partition coefficient (Wildman–Crippen LogP) is 10.2. The van der Waals surface area contributed by atoms with Gasteiger partial charge in [0.15, 0.2) is 0 Å². The van der Waals surface area contributed by atoms with Crippen molar-refractivity contribution in [3.63, 3.8) is 0 Å². The second kappa shape index (κ2) is 30.7. The number of ether oxygens (including phenoxy) is 1. The van der Waals surface area contributed by atoms with E-state index in [1.165, 1.54) is 97.1 Å². The Kier molecular flexibility index (Phi) is 35.2. The number of hydrogen-bond donors (Lipinski definition) is 0. The molecule has 0 unspecified atom stereocenters. The molecule has 0 aliphatic carbocycles. The molecular formula is C49H115N7O3S. The molecule has 0 bridgehead atoms. The molecule has 5 saturated heterocycles. The lowest BCUT2D eigenvalue weighted by atomic mass is 10.0. The van der Waals surface area contributed by atoms with Gasteiger partial charge in [-0.3, -0.25) is 24.5 Å². The van der Waals surface area contributed by atoms with Crippen LogP contribution in [-0.4, -0.2) is 188 Å². The quantitative estimate of drug-likeness (QED) is 0.256. The van der Waals surface area contributed by atoms with Gasteiger partial charge < -0.3 is 9.64 Å². The molecule has 0 radical (unpaired) electrons. The zero-order valence-electron chi connectivity index (χ0n) is 39.8. The lowest BCUT2D eigenvalue weighted by molar-refractivity contribution is -0.00389. The number of nitrogens with zero attached hydrogens (tertiary/aromatic N) is 7. The first kappa shape index (κ1) is 68.7. The maximum Gasteiger partial charge on any atom is 0.211 e. The molecule has 0 amide bonds. The molecule has 5 fully saturated rings. The van der Waals surface area contributed by atoms with Gasteiger partial charge in [-0.15, -0.1) is 0 Å². The van der Waals surface area contributed by atoms with Gasteiger partial charge in [0.05, 0.1) is 19.5 Å². The topological polar surface area (TPSA) is 66.1 Å². The lowest BCUT2D eigenvalue weighted by Gasteiger charge is -2.41. The highest BCUT2D eigenvalue weighted by Gasteiger charge is 2.29. The maximum atomic E-state index is 11.3. The standard InChI is InChI=1S/C9H20N2O2S.C9H20N2.2C9H19N.C8H17NO.5CH4/c1-9(2,3)10-5-7-11(8-6-10)14(4,12)13;1-9(2,3)11-7-5-10(4)6-8-11;2*1-9(2,3)10-7-5-4-6-8-10;1-8(2,3)9-4-6-10-7-5-9;;;;;/h5-8H2,1-4H3;5-8H2,1-4H3;2*4-8H2,1-3H3;4-7H2,1-3H3;5*1H4. The fraction of sp³-hybridized carbons (Fsp3) is 1.00. The average Bonchev–Trinajstić information content (AvgIpc) is 3.09. The summed E-state index contributed by atoms with van der Waals surface area (Å²) in [5.41, 5.74) is 1.63. The first-order valence-electron chi connectivity index (χ1n) is 22.0. The highest BCUT2D eigenvalue weighted by molar-refractivity contribution is 7.88. The Labute approximate surface area is 380 Å². The average molecular weight is 883 g/mol. The van der Waals surface area contributed by atoms with Gasteiger partial charge in [0.25, 0.3) is 0 Å². The van der Waals surface area contributed by atoms with Crippen molar-refractivity contribution in [2.75, 3.05) is 118 Å². The highest BCUT2D eigenvalue weighted by Crippen LogP contribution is 2.21. The molecule has 5 aliphatic heterocycles. The van der Waals surface area contributed by atoms with Crippen molar-refractivity contribution in [1.29, 1.82) is 0 Å². The van der Waals surface area contributed by atoms with Gasteiger partial charge in [0.1, 0.15) is 0 Å². The summed E-state index contributed by atoms with van der Waals surface area (Å²) in [6.45, 7) is 50.9. The van der Waals surface area contributed by atoms with Crippen LogP contribution in [-0.2, 0) is 14.8 Å². The molecular weight excluding hydrogens is 767 g/mol. The van der Waals surface area contributed by atoms with E-state index in [0.717, 1.165) is 39.4 Å². The fourth-order valence-corrected chi connectivity index (χ4v) is 8.36. The Morgan fingerprint density at radius 1 is 0.350 bits per heavy atom. The largest absolute Gasteiger partial charge is 0.379 e. The number of likely N-dealkylation sites (tertiary alicyclic amines) is 2. The van der Waals surface area contributed by atoms with E-state index in [2.05, 4.69) is 140 Å². The van der Waals surface area contributed by atoms with Gasteiger partial charge in [-0.1, -0.05) is 50.0 Å². The SMILES string of the molecule is C.C.C.C.C.CC(C)(C)N1CCCCC1.CC(C)(C)N1CCCCC1.CC(C)(C)N1CCN(S(C)(=O)=O)CC1.CC(C)(C)N1CCOCC1.CN1CCN(C(C)(C)C)CC1. The summed E-state index contributed by atoms with van der Waals surface area (Å²) in [4.78, 5) is 14.9. The molecule has 0 aromatic rings. The second-order valence-corrected chi connectivity index (χ2v) is 23.5. The van der Waals surface area contributed by atoms with E-state index in [1.807, 2.05) is 0 Å². The van der Waals surface area contributed by atoms with Crippen LogP contribution < -0.4 is 0 Å². The Balaban J connectivity index is -0.000000207. The number of piperidine rings is 2. The summed E-state index contributed by atoms with van der Waals surface area (Å²) in [7, 11) is -0.794. The third-order valence-corrected chi connectivity index (χ3v) is 13.0. The number of rotatable bonds is 1. The summed E-state index contributed by atoms with van der Waals surface area (Å²) < 4.78 is 29.3. The van der Waals surface area contributed by atoms with Crippen molar-refractivity contribution in [1.82, 2.24) is 33.7 Å². The van der Waals surface area contributed by atoms with E-state index < -0.39 is 10.0 Å². The van der Waals surface area contributed by atoms with E-state index in [-0.39, 0.29) is 42.7 Å². The van der Waals surface area contributed by atoms with E-state index in [1.54, 1.807) is 4.31 Å². The normalized spacial score (nSPS) is 21.2. The monoisotopic (exact) mass is 882 g/mol. The number of piperazine rings is 2. The Morgan fingerprint density at radius 3 is 0.800 bits per heavy atom. The Morgan fingerprint density at radius 2 is 0.583 bits per heavy atom. The zero-order valence-corrected chi connectivity index (χ0v) is 40.6. The number of morpholine rings is 1. The summed E-state index contributed by atoms with van der Waals surface area (Å²) in [5.74, 6) is 0. The molecule has 0 N–H and O–H groups in total. The molecule has 11 heteroatoms. The van der Waals surface area contributed by atoms with Crippen LogP contribution in [0.15, 0.2) is 0 Å². The molecule has 0 spiro atoms.